The van der Waals surface area contributed by atoms with Crippen molar-refractivity contribution in [1.29, 1.82) is 0 Å². The van der Waals surface area contributed by atoms with Crippen LogP contribution in [0.1, 0.15) is 17.0 Å². The molecule has 0 radical (unpaired) electrons. The molecule has 0 saturated heterocycles. The number of aromatic nitrogens is 2. The first kappa shape index (κ1) is 15.2. The summed E-state index contributed by atoms with van der Waals surface area (Å²) in [4.78, 5) is 14.9. The second-order valence-electron chi connectivity index (χ2n) is 5.18. The number of non-ortho nitro benzene ring substituents is 1. The van der Waals surface area contributed by atoms with E-state index in [1.807, 2.05) is 42.0 Å². The minimum atomic E-state index is -0.388. The topological polar surface area (TPSA) is 61.0 Å². The van der Waals surface area contributed by atoms with Crippen LogP contribution in [-0.4, -0.2) is 14.5 Å². The fourth-order valence-electron chi connectivity index (χ4n) is 2.54. The third-order valence-corrected chi connectivity index (χ3v) is 4.07. The molecule has 0 aliphatic rings. The number of hydrogen-bond acceptors (Lipinski definition) is 3. The van der Waals surface area contributed by atoms with Gasteiger partial charge in [-0.1, -0.05) is 29.8 Å². The molecule has 3 aromatic rings. The van der Waals surface area contributed by atoms with Crippen LogP contribution in [-0.2, 0) is 6.42 Å². The minimum Gasteiger partial charge on any atom is -0.304 e. The fourth-order valence-corrected chi connectivity index (χ4v) is 2.74. The van der Waals surface area contributed by atoms with Gasteiger partial charge in [0.1, 0.15) is 5.82 Å². The number of aryl methyl sites for hydroxylation is 1. The van der Waals surface area contributed by atoms with Crippen molar-refractivity contribution >= 4 is 17.3 Å². The molecule has 23 heavy (non-hydrogen) atoms. The van der Waals surface area contributed by atoms with Gasteiger partial charge in [-0.25, -0.2) is 4.98 Å². The van der Waals surface area contributed by atoms with Crippen LogP contribution in [0.15, 0.2) is 54.9 Å². The molecule has 0 aliphatic carbocycles. The summed E-state index contributed by atoms with van der Waals surface area (Å²) in [5, 5.41) is 11.7. The first-order chi connectivity index (χ1) is 11.1. The molecule has 0 aliphatic heterocycles. The average molecular weight is 328 g/mol. The molecule has 0 fully saturated rings. The lowest BCUT2D eigenvalue weighted by Crippen LogP contribution is -2.03. The Morgan fingerprint density at radius 2 is 2.00 bits per heavy atom. The number of hydrogen-bond donors (Lipinski definition) is 0. The largest absolute Gasteiger partial charge is 0.304 e. The van der Waals surface area contributed by atoms with Gasteiger partial charge in [0, 0.05) is 36.0 Å². The van der Waals surface area contributed by atoms with Gasteiger partial charge in [-0.3, -0.25) is 10.1 Å². The van der Waals surface area contributed by atoms with E-state index in [2.05, 4.69) is 4.98 Å². The summed E-state index contributed by atoms with van der Waals surface area (Å²) < 4.78 is 1.91. The summed E-state index contributed by atoms with van der Waals surface area (Å²) in [6.45, 7) is 1.89. The van der Waals surface area contributed by atoms with E-state index in [-0.39, 0.29) is 10.6 Å². The lowest BCUT2D eigenvalue weighted by molar-refractivity contribution is -0.384. The highest BCUT2D eigenvalue weighted by Gasteiger charge is 2.14. The molecular formula is C17H14ClN3O2. The highest BCUT2D eigenvalue weighted by atomic mass is 35.5. The molecule has 1 heterocycles. The minimum absolute atomic E-state index is 0.0635. The Morgan fingerprint density at radius 3 is 2.65 bits per heavy atom. The van der Waals surface area contributed by atoms with Crippen molar-refractivity contribution in [1.82, 2.24) is 9.55 Å². The van der Waals surface area contributed by atoms with E-state index in [0.29, 0.717) is 11.4 Å². The monoisotopic (exact) mass is 327 g/mol. The predicted molar refractivity (Wildman–Crippen MR) is 89.2 cm³/mol. The molecule has 6 heteroatoms. The zero-order chi connectivity index (χ0) is 16.4. The van der Waals surface area contributed by atoms with Crippen LogP contribution in [0.25, 0.3) is 5.69 Å². The number of imidazole rings is 1. The maximum atomic E-state index is 11.1. The molecule has 2 aromatic carbocycles. The third kappa shape index (κ3) is 3.10. The highest BCUT2D eigenvalue weighted by molar-refractivity contribution is 6.31. The van der Waals surface area contributed by atoms with Crippen LogP contribution in [0, 0.1) is 17.0 Å². The van der Waals surface area contributed by atoms with Crippen LogP contribution in [0.4, 0.5) is 5.69 Å². The van der Waals surface area contributed by atoms with Gasteiger partial charge in [0.2, 0.25) is 0 Å². The summed E-state index contributed by atoms with van der Waals surface area (Å²) in [5.74, 6) is 0.819. The first-order valence-electron chi connectivity index (χ1n) is 7.07. The summed E-state index contributed by atoms with van der Waals surface area (Å²) in [7, 11) is 0. The first-order valence-corrected chi connectivity index (χ1v) is 7.45. The molecule has 116 valence electrons. The smallest absolute Gasteiger partial charge is 0.269 e. The SMILES string of the molecule is Cc1nccn1-c1ccc([N+](=O)[O-])cc1Cc1ccccc1Cl. The van der Waals surface area contributed by atoms with E-state index in [1.165, 1.54) is 6.07 Å². The van der Waals surface area contributed by atoms with E-state index >= 15 is 0 Å². The molecule has 0 unspecified atom stereocenters. The normalized spacial score (nSPS) is 10.7. The van der Waals surface area contributed by atoms with E-state index < -0.39 is 0 Å². The number of nitro groups is 1. The molecule has 0 atom stereocenters. The third-order valence-electron chi connectivity index (χ3n) is 3.70. The summed E-state index contributed by atoms with van der Waals surface area (Å²) >= 11 is 6.23. The molecule has 0 bridgehead atoms. The molecule has 3 rings (SSSR count). The van der Waals surface area contributed by atoms with Crippen molar-refractivity contribution in [2.45, 2.75) is 13.3 Å². The second-order valence-corrected chi connectivity index (χ2v) is 5.59. The maximum absolute atomic E-state index is 11.1. The average Bonchev–Trinajstić information content (AvgIpc) is 2.95. The molecule has 5 nitrogen and oxygen atoms in total. The molecule has 0 N–H and O–H groups in total. The second kappa shape index (κ2) is 6.22. The Labute approximate surface area is 138 Å². The van der Waals surface area contributed by atoms with Crippen molar-refractivity contribution in [3.63, 3.8) is 0 Å². The summed E-state index contributed by atoms with van der Waals surface area (Å²) in [6, 6.07) is 12.4. The number of halogens is 1. The zero-order valence-corrected chi connectivity index (χ0v) is 13.2. The van der Waals surface area contributed by atoms with Crippen molar-refractivity contribution in [3.8, 4) is 5.69 Å². The van der Waals surface area contributed by atoms with Gasteiger partial charge in [-0.15, -0.1) is 0 Å². The van der Waals surface area contributed by atoms with E-state index in [9.17, 15) is 10.1 Å². The van der Waals surface area contributed by atoms with Crippen LogP contribution in [0.3, 0.4) is 0 Å². The van der Waals surface area contributed by atoms with Crippen molar-refractivity contribution in [2.75, 3.05) is 0 Å². The summed E-state index contributed by atoms with van der Waals surface area (Å²) in [6.07, 6.45) is 4.05. The Hall–Kier alpha value is -2.66. The zero-order valence-electron chi connectivity index (χ0n) is 12.4. The van der Waals surface area contributed by atoms with Gasteiger partial charge >= 0.3 is 0 Å². The molecule has 0 spiro atoms. The van der Waals surface area contributed by atoms with Gasteiger partial charge in [0.05, 0.1) is 10.6 Å². The van der Waals surface area contributed by atoms with Gasteiger partial charge in [-0.2, -0.15) is 0 Å². The van der Waals surface area contributed by atoms with E-state index in [4.69, 9.17) is 11.6 Å². The van der Waals surface area contributed by atoms with Crippen molar-refractivity contribution < 1.29 is 4.92 Å². The summed E-state index contributed by atoms with van der Waals surface area (Å²) in [5.41, 5.74) is 2.68. The van der Waals surface area contributed by atoms with Gasteiger partial charge in [0.25, 0.3) is 5.69 Å². The lowest BCUT2D eigenvalue weighted by atomic mass is 10.0. The molecule has 0 amide bonds. The van der Waals surface area contributed by atoms with Crippen molar-refractivity contribution in [3.05, 3.63) is 86.9 Å². The van der Waals surface area contributed by atoms with Crippen LogP contribution in [0.2, 0.25) is 5.02 Å². The lowest BCUT2D eigenvalue weighted by Gasteiger charge is -2.13. The standard InChI is InChI=1S/C17H14ClN3O2/c1-12-19-8-9-20(12)17-7-6-15(21(22)23)11-14(17)10-13-4-2-3-5-16(13)18/h2-9,11H,10H2,1H3. The quantitative estimate of drug-likeness (QED) is 0.529. The predicted octanol–water partition coefficient (Wildman–Crippen LogP) is 4.33. The van der Waals surface area contributed by atoms with E-state index in [0.717, 1.165) is 22.6 Å². The maximum Gasteiger partial charge on any atom is 0.269 e. The molecular weight excluding hydrogens is 314 g/mol. The van der Waals surface area contributed by atoms with Gasteiger partial charge < -0.3 is 4.57 Å². The van der Waals surface area contributed by atoms with Gasteiger partial charge in [0.15, 0.2) is 0 Å². The number of nitro benzene ring substituents is 1. The highest BCUT2D eigenvalue weighted by Crippen LogP contribution is 2.27. The Bertz CT molecular complexity index is 874. The van der Waals surface area contributed by atoms with Crippen LogP contribution in [0.5, 0.6) is 0 Å². The van der Waals surface area contributed by atoms with Crippen LogP contribution < -0.4 is 0 Å². The van der Waals surface area contributed by atoms with Crippen molar-refractivity contribution in [2.24, 2.45) is 0 Å². The Kier molecular flexibility index (Phi) is 4.12. The molecule has 1 aromatic heterocycles. The van der Waals surface area contributed by atoms with Crippen LogP contribution >= 0.6 is 11.6 Å². The number of benzene rings is 2. The number of nitrogens with zero attached hydrogens (tertiary/aromatic N) is 3. The van der Waals surface area contributed by atoms with E-state index in [1.54, 1.807) is 18.3 Å². The number of rotatable bonds is 4. The van der Waals surface area contributed by atoms with Gasteiger partial charge in [-0.05, 0) is 30.2 Å². The molecule has 0 saturated carbocycles. The Balaban J connectivity index is 2.12. The Morgan fingerprint density at radius 1 is 1.22 bits per heavy atom. The fraction of sp³-hybridized carbons (Fsp3) is 0.118.